The van der Waals surface area contributed by atoms with E-state index in [-0.39, 0.29) is 0 Å². The van der Waals surface area contributed by atoms with Crippen LogP contribution in [0.5, 0.6) is 0 Å². The Labute approximate surface area is 66.4 Å². The van der Waals surface area contributed by atoms with Gasteiger partial charge in [0.2, 0.25) is 0 Å². The predicted molar refractivity (Wildman–Crippen MR) is 40.4 cm³/mol. The van der Waals surface area contributed by atoms with Gasteiger partial charge in [-0.1, -0.05) is 20.3 Å². The van der Waals surface area contributed by atoms with Crippen LogP contribution in [0.25, 0.3) is 0 Å². The molecule has 1 fully saturated rings. The molecule has 1 N–H and O–H groups in total. The second-order valence-corrected chi connectivity index (χ2v) is 3.33. The standard InChI is InChI=1S/C8H14O3/c1-4-5(2)8(3)6(11-8)7(9)10/h5-6H,4H2,1-3H3,(H,9,10)/t5-,6+,8-/m0/s1. The Hall–Kier alpha value is -0.570. The van der Waals surface area contributed by atoms with Gasteiger partial charge in [0.25, 0.3) is 0 Å². The highest BCUT2D eigenvalue weighted by molar-refractivity contribution is 5.77. The summed E-state index contributed by atoms with van der Waals surface area (Å²) in [6.07, 6.45) is 0.387. The predicted octanol–water partition coefficient (Wildman–Crippen LogP) is 1.27. The molecule has 3 atom stereocenters. The maximum absolute atomic E-state index is 10.5. The van der Waals surface area contributed by atoms with Gasteiger partial charge in [0.1, 0.15) is 5.60 Å². The van der Waals surface area contributed by atoms with E-state index in [1.54, 1.807) is 0 Å². The third-order valence-corrected chi connectivity index (χ3v) is 2.65. The fourth-order valence-electron chi connectivity index (χ4n) is 1.30. The molecule has 0 radical (unpaired) electrons. The summed E-state index contributed by atoms with van der Waals surface area (Å²) in [6.45, 7) is 5.92. The first-order chi connectivity index (χ1) is 5.02. The van der Waals surface area contributed by atoms with Gasteiger partial charge in [0.05, 0.1) is 0 Å². The van der Waals surface area contributed by atoms with E-state index in [4.69, 9.17) is 9.84 Å². The number of hydrogen-bond acceptors (Lipinski definition) is 2. The minimum atomic E-state index is -0.840. The second-order valence-electron chi connectivity index (χ2n) is 3.33. The fraction of sp³-hybridized carbons (Fsp3) is 0.875. The molecule has 0 bridgehead atoms. The van der Waals surface area contributed by atoms with Crippen molar-refractivity contribution in [3.05, 3.63) is 0 Å². The molecular weight excluding hydrogens is 144 g/mol. The van der Waals surface area contributed by atoms with Crippen LogP contribution >= 0.6 is 0 Å². The maximum atomic E-state index is 10.5. The van der Waals surface area contributed by atoms with E-state index in [0.717, 1.165) is 6.42 Å². The summed E-state index contributed by atoms with van der Waals surface area (Å²) in [5.74, 6) is -0.517. The zero-order chi connectivity index (χ0) is 8.65. The maximum Gasteiger partial charge on any atom is 0.335 e. The normalized spacial score (nSPS) is 38.3. The van der Waals surface area contributed by atoms with E-state index in [1.165, 1.54) is 0 Å². The highest BCUT2D eigenvalue weighted by atomic mass is 16.6. The van der Waals surface area contributed by atoms with E-state index in [1.807, 2.05) is 20.8 Å². The van der Waals surface area contributed by atoms with Gasteiger partial charge in [-0.05, 0) is 12.8 Å². The molecule has 1 rings (SSSR count). The second kappa shape index (κ2) is 2.48. The summed E-state index contributed by atoms with van der Waals surface area (Å²) >= 11 is 0. The van der Waals surface area contributed by atoms with Crippen LogP contribution in [0.3, 0.4) is 0 Å². The van der Waals surface area contributed by atoms with Crippen molar-refractivity contribution < 1.29 is 14.6 Å². The molecule has 11 heavy (non-hydrogen) atoms. The molecule has 0 amide bonds. The quantitative estimate of drug-likeness (QED) is 0.629. The van der Waals surface area contributed by atoms with Crippen molar-refractivity contribution in [1.29, 1.82) is 0 Å². The summed E-state index contributed by atoms with van der Waals surface area (Å²) < 4.78 is 5.12. The van der Waals surface area contributed by atoms with Crippen LogP contribution in [0.4, 0.5) is 0 Å². The van der Waals surface area contributed by atoms with Crippen molar-refractivity contribution in [1.82, 2.24) is 0 Å². The molecule has 0 saturated carbocycles. The number of carbonyl (C=O) groups is 1. The van der Waals surface area contributed by atoms with Crippen molar-refractivity contribution in [3.8, 4) is 0 Å². The molecule has 1 aliphatic heterocycles. The topological polar surface area (TPSA) is 49.8 Å². The van der Waals surface area contributed by atoms with Crippen LogP contribution in [-0.4, -0.2) is 22.8 Å². The first kappa shape index (κ1) is 8.53. The van der Waals surface area contributed by atoms with E-state index >= 15 is 0 Å². The van der Waals surface area contributed by atoms with E-state index in [2.05, 4.69) is 0 Å². The van der Waals surface area contributed by atoms with Crippen molar-refractivity contribution in [3.63, 3.8) is 0 Å². The number of carboxylic acid groups (broad SMARTS) is 1. The molecule has 1 heterocycles. The zero-order valence-electron chi connectivity index (χ0n) is 7.13. The minimum Gasteiger partial charge on any atom is -0.479 e. The first-order valence-corrected chi connectivity index (χ1v) is 3.93. The van der Waals surface area contributed by atoms with Gasteiger partial charge in [0, 0.05) is 0 Å². The first-order valence-electron chi connectivity index (χ1n) is 3.93. The van der Waals surface area contributed by atoms with Gasteiger partial charge in [-0.15, -0.1) is 0 Å². The van der Waals surface area contributed by atoms with Crippen molar-refractivity contribution in [2.45, 2.75) is 38.9 Å². The van der Waals surface area contributed by atoms with Crippen LogP contribution in [0.2, 0.25) is 0 Å². The van der Waals surface area contributed by atoms with Crippen LogP contribution in [0, 0.1) is 5.92 Å². The number of carboxylic acids is 1. The molecule has 0 aromatic rings. The number of hydrogen-bond donors (Lipinski definition) is 1. The Balaban J connectivity index is 2.55. The molecule has 64 valence electrons. The molecule has 0 aromatic carbocycles. The van der Waals surface area contributed by atoms with Crippen molar-refractivity contribution in [2.24, 2.45) is 5.92 Å². The lowest BCUT2D eigenvalue weighted by atomic mass is 9.90. The molecule has 0 aliphatic carbocycles. The lowest BCUT2D eigenvalue weighted by molar-refractivity contribution is -0.138. The number of aliphatic carboxylic acids is 1. The molecule has 3 nitrogen and oxygen atoms in total. The van der Waals surface area contributed by atoms with E-state index in [0.29, 0.717) is 5.92 Å². The molecule has 0 unspecified atom stereocenters. The Morgan fingerprint density at radius 3 is 2.64 bits per heavy atom. The highest BCUT2D eigenvalue weighted by Gasteiger charge is 2.59. The molecule has 1 saturated heterocycles. The van der Waals surface area contributed by atoms with Gasteiger partial charge < -0.3 is 9.84 Å². The van der Waals surface area contributed by atoms with Gasteiger partial charge >= 0.3 is 5.97 Å². The lowest BCUT2D eigenvalue weighted by Gasteiger charge is -2.12. The summed E-state index contributed by atoms with van der Waals surface area (Å²) in [6, 6.07) is 0. The number of rotatable bonds is 3. The van der Waals surface area contributed by atoms with Gasteiger partial charge in [-0.3, -0.25) is 0 Å². The smallest absolute Gasteiger partial charge is 0.335 e. The third-order valence-electron chi connectivity index (χ3n) is 2.65. The fourth-order valence-corrected chi connectivity index (χ4v) is 1.30. The number of epoxide rings is 1. The van der Waals surface area contributed by atoms with E-state index in [9.17, 15) is 4.79 Å². The monoisotopic (exact) mass is 158 g/mol. The van der Waals surface area contributed by atoms with Crippen molar-refractivity contribution in [2.75, 3.05) is 0 Å². The molecule has 1 aliphatic rings. The highest BCUT2D eigenvalue weighted by Crippen LogP contribution is 2.43. The van der Waals surface area contributed by atoms with Gasteiger partial charge in [-0.2, -0.15) is 0 Å². The average molecular weight is 158 g/mol. The summed E-state index contributed by atoms with van der Waals surface area (Å²) in [7, 11) is 0. The molecule has 0 spiro atoms. The summed E-state index contributed by atoms with van der Waals surface area (Å²) in [5.41, 5.74) is -0.402. The Morgan fingerprint density at radius 1 is 1.82 bits per heavy atom. The van der Waals surface area contributed by atoms with Crippen LogP contribution in [0.1, 0.15) is 27.2 Å². The van der Waals surface area contributed by atoms with Crippen LogP contribution in [0.15, 0.2) is 0 Å². The van der Waals surface area contributed by atoms with Crippen LogP contribution < -0.4 is 0 Å². The SMILES string of the molecule is CC[C@H](C)[C@]1(C)O[C@@H]1C(=O)O. The molecular formula is C8H14O3. The average Bonchev–Trinajstić information content (AvgIpc) is 2.62. The lowest BCUT2D eigenvalue weighted by Crippen LogP contribution is -2.24. The largest absolute Gasteiger partial charge is 0.479 e. The summed E-state index contributed by atoms with van der Waals surface area (Å²) in [5, 5.41) is 8.61. The Morgan fingerprint density at radius 2 is 2.36 bits per heavy atom. The number of ether oxygens (including phenoxy) is 1. The summed E-state index contributed by atoms with van der Waals surface area (Å²) in [4.78, 5) is 10.5. The minimum absolute atomic E-state index is 0.323. The van der Waals surface area contributed by atoms with Crippen molar-refractivity contribution >= 4 is 5.97 Å². The Bertz CT molecular complexity index is 178. The van der Waals surface area contributed by atoms with Crippen LogP contribution in [-0.2, 0) is 9.53 Å². The molecule has 3 heteroatoms. The third kappa shape index (κ3) is 1.25. The van der Waals surface area contributed by atoms with E-state index < -0.39 is 17.7 Å². The van der Waals surface area contributed by atoms with Gasteiger partial charge in [-0.25, -0.2) is 4.79 Å². The molecule has 0 aromatic heterocycles. The Kier molecular flexibility index (Phi) is 1.92. The van der Waals surface area contributed by atoms with Gasteiger partial charge in [0.15, 0.2) is 6.10 Å². The zero-order valence-corrected chi connectivity index (χ0v) is 7.13.